The van der Waals surface area contributed by atoms with Gasteiger partial charge in [-0.25, -0.2) is 0 Å². The maximum atomic E-state index is 9.17. The van der Waals surface area contributed by atoms with E-state index in [1.807, 2.05) is 13.8 Å². The second-order valence-electron chi connectivity index (χ2n) is 3.83. The van der Waals surface area contributed by atoms with Crippen LogP contribution >= 0.6 is 0 Å². The highest BCUT2D eigenvalue weighted by Crippen LogP contribution is 2.23. The summed E-state index contributed by atoms with van der Waals surface area (Å²) in [5.41, 5.74) is 5.50. The average molecular weight is 159 g/mol. The number of aliphatic hydroxyl groups excluding tert-OH is 1. The topological polar surface area (TPSA) is 55.5 Å². The van der Waals surface area contributed by atoms with Crippen molar-refractivity contribution in [1.29, 1.82) is 0 Å². The molecule has 0 amide bonds. The molecule has 1 aliphatic rings. The summed E-state index contributed by atoms with van der Waals surface area (Å²) in [5, 5.41) is 9.17. The van der Waals surface area contributed by atoms with Crippen molar-refractivity contribution in [1.82, 2.24) is 0 Å². The number of nitrogens with two attached hydrogens (primary N) is 1. The first kappa shape index (κ1) is 8.97. The van der Waals surface area contributed by atoms with Gasteiger partial charge in [0.25, 0.3) is 0 Å². The Morgan fingerprint density at radius 2 is 2.09 bits per heavy atom. The molecule has 0 spiro atoms. The molecule has 0 saturated carbocycles. The number of rotatable bonds is 1. The molecule has 66 valence electrons. The molecule has 3 N–H and O–H groups in total. The molecule has 0 aromatic heterocycles. The Morgan fingerprint density at radius 1 is 1.45 bits per heavy atom. The van der Waals surface area contributed by atoms with Crippen LogP contribution in [0, 0.1) is 0 Å². The smallest absolute Gasteiger partial charge is 0.154 e. The predicted molar refractivity (Wildman–Crippen MR) is 43.0 cm³/mol. The van der Waals surface area contributed by atoms with Crippen molar-refractivity contribution < 1.29 is 9.84 Å². The standard InChI is InChI=1S/C8H17NO2/c1-8(2,9)6-4-3-5-7(10)11-6/h6-7,10H,3-5,9H2,1-2H3/t6?,7-/m0/s1. The van der Waals surface area contributed by atoms with Crippen LogP contribution in [0.25, 0.3) is 0 Å². The van der Waals surface area contributed by atoms with Crippen LogP contribution in [-0.4, -0.2) is 23.0 Å². The molecule has 0 aromatic carbocycles. The molecule has 1 fully saturated rings. The second-order valence-corrected chi connectivity index (χ2v) is 3.83. The highest BCUT2D eigenvalue weighted by molar-refractivity contribution is 4.85. The van der Waals surface area contributed by atoms with Crippen LogP contribution in [0.15, 0.2) is 0 Å². The summed E-state index contributed by atoms with van der Waals surface area (Å²) in [6.45, 7) is 3.85. The maximum Gasteiger partial charge on any atom is 0.154 e. The van der Waals surface area contributed by atoms with Gasteiger partial charge in [-0.2, -0.15) is 0 Å². The normalized spacial score (nSPS) is 33.8. The van der Waals surface area contributed by atoms with E-state index in [2.05, 4.69) is 0 Å². The molecule has 11 heavy (non-hydrogen) atoms. The van der Waals surface area contributed by atoms with Crippen molar-refractivity contribution in [3.8, 4) is 0 Å². The van der Waals surface area contributed by atoms with Crippen molar-refractivity contribution in [3.05, 3.63) is 0 Å². The monoisotopic (exact) mass is 159 g/mol. The highest BCUT2D eigenvalue weighted by Gasteiger charge is 2.30. The zero-order valence-electron chi connectivity index (χ0n) is 7.21. The van der Waals surface area contributed by atoms with Gasteiger partial charge < -0.3 is 15.6 Å². The lowest BCUT2D eigenvalue weighted by molar-refractivity contribution is -0.177. The molecule has 3 nitrogen and oxygen atoms in total. The molecule has 1 aliphatic heterocycles. The largest absolute Gasteiger partial charge is 0.368 e. The minimum Gasteiger partial charge on any atom is -0.368 e. The van der Waals surface area contributed by atoms with Gasteiger partial charge >= 0.3 is 0 Å². The fourth-order valence-corrected chi connectivity index (χ4v) is 1.35. The first-order chi connectivity index (χ1) is 5.00. The number of aliphatic hydroxyl groups is 1. The first-order valence-electron chi connectivity index (χ1n) is 4.12. The van der Waals surface area contributed by atoms with Crippen molar-refractivity contribution >= 4 is 0 Å². The molecule has 1 unspecified atom stereocenters. The number of hydrogen-bond donors (Lipinski definition) is 2. The first-order valence-corrected chi connectivity index (χ1v) is 4.12. The van der Waals surface area contributed by atoms with Gasteiger partial charge in [0, 0.05) is 5.54 Å². The molecular formula is C8H17NO2. The Bertz CT molecular complexity index is 131. The molecular weight excluding hydrogens is 142 g/mol. The fourth-order valence-electron chi connectivity index (χ4n) is 1.35. The van der Waals surface area contributed by atoms with E-state index in [1.54, 1.807) is 0 Å². The van der Waals surface area contributed by atoms with Gasteiger partial charge in [-0.3, -0.25) is 0 Å². The van der Waals surface area contributed by atoms with Crippen LogP contribution in [0.2, 0.25) is 0 Å². The highest BCUT2D eigenvalue weighted by atomic mass is 16.6. The van der Waals surface area contributed by atoms with E-state index in [-0.39, 0.29) is 11.6 Å². The van der Waals surface area contributed by atoms with Crippen LogP contribution in [0.1, 0.15) is 33.1 Å². The number of hydrogen-bond acceptors (Lipinski definition) is 3. The van der Waals surface area contributed by atoms with Gasteiger partial charge in [0.1, 0.15) is 0 Å². The Kier molecular flexibility index (Phi) is 2.52. The zero-order chi connectivity index (χ0) is 8.48. The minimum absolute atomic E-state index is 0.00579. The van der Waals surface area contributed by atoms with Crippen molar-refractivity contribution in [2.75, 3.05) is 0 Å². The molecule has 0 aromatic rings. The van der Waals surface area contributed by atoms with E-state index < -0.39 is 6.29 Å². The summed E-state index contributed by atoms with van der Waals surface area (Å²) in [4.78, 5) is 0. The molecule has 0 aliphatic carbocycles. The van der Waals surface area contributed by atoms with Crippen LogP contribution < -0.4 is 5.73 Å². The third-order valence-electron chi connectivity index (χ3n) is 2.07. The van der Waals surface area contributed by atoms with Gasteiger partial charge in [0.2, 0.25) is 0 Å². The lowest BCUT2D eigenvalue weighted by Gasteiger charge is -2.35. The lowest BCUT2D eigenvalue weighted by atomic mass is 9.92. The Hall–Kier alpha value is -0.120. The van der Waals surface area contributed by atoms with E-state index in [9.17, 15) is 0 Å². The van der Waals surface area contributed by atoms with E-state index in [0.29, 0.717) is 0 Å². The summed E-state index contributed by atoms with van der Waals surface area (Å²) in [6.07, 6.45) is 2.11. The van der Waals surface area contributed by atoms with Crippen LogP contribution in [0.3, 0.4) is 0 Å². The SMILES string of the molecule is CC(C)(N)C1CCC[C@@H](O)O1. The zero-order valence-corrected chi connectivity index (χ0v) is 7.21. The summed E-state index contributed by atoms with van der Waals surface area (Å²) in [7, 11) is 0. The van der Waals surface area contributed by atoms with E-state index in [4.69, 9.17) is 15.6 Å². The Labute approximate surface area is 67.5 Å². The predicted octanol–water partition coefficient (Wildman–Crippen LogP) is 0.611. The molecule has 3 heteroatoms. The van der Waals surface area contributed by atoms with E-state index in [0.717, 1.165) is 19.3 Å². The van der Waals surface area contributed by atoms with Crippen molar-refractivity contribution in [2.45, 2.75) is 51.0 Å². The van der Waals surface area contributed by atoms with Gasteiger partial charge in [-0.1, -0.05) is 0 Å². The van der Waals surface area contributed by atoms with Crippen LogP contribution in [0.5, 0.6) is 0 Å². The van der Waals surface area contributed by atoms with Gasteiger partial charge in [-0.15, -0.1) is 0 Å². The van der Waals surface area contributed by atoms with Gasteiger partial charge in [0.15, 0.2) is 6.29 Å². The maximum absolute atomic E-state index is 9.17. The second kappa shape index (κ2) is 3.09. The third-order valence-corrected chi connectivity index (χ3v) is 2.07. The summed E-state index contributed by atoms with van der Waals surface area (Å²) in [6, 6.07) is 0. The van der Waals surface area contributed by atoms with Gasteiger partial charge in [-0.05, 0) is 33.1 Å². The van der Waals surface area contributed by atoms with Crippen LogP contribution in [0.4, 0.5) is 0 Å². The average Bonchev–Trinajstić information content (AvgIpc) is 1.86. The third kappa shape index (κ3) is 2.43. The van der Waals surface area contributed by atoms with Crippen molar-refractivity contribution in [3.63, 3.8) is 0 Å². The lowest BCUT2D eigenvalue weighted by Crippen LogP contribution is -2.49. The summed E-state index contributed by atoms with van der Waals surface area (Å²) < 4.78 is 5.28. The molecule has 2 atom stereocenters. The quantitative estimate of drug-likeness (QED) is 0.589. The molecule has 1 heterocycles. The molecule has 1 saturated heterocycles. The van der Waals surface area contributed by atoms with E-state index >= 15 is 0 Å². The Morgan fingerprint density at radius 3 is 2.45 bits per heavy atom. The van der Waals surface area contributed by atoms with E-state index in [1.165, 1.54) is 0 Å². The summed E-state index contributed by atoms with van der Waals surface area (Å²) >= 11 is 0. The molecule has 0 radical (unpaired) electrons. The fraction of sp³-hybridized carbons (Fsp3) is 1.00. The molecule has 0 bridgehead atoms. The summed E-state index contributed by atoms with van der Waals surface area (Å²) in [5.74, 6) is 0. The van der Waals surface area contributed by atoms with Crippen LogP contribution in [-0.2, 0) is 4.74 Å². The minimum atomic E-state index is -0.600. The Balaban J connectivity index is 2.46. The molecule has 1 rings (SSSR count). The van der Waals surface area contributed by atoms with Crippen molar-refractivity contribution in [2.24, 2.45) is 5.73 Å². The van der Waals surface area contributed by atoms with Gasteiger partial charge in [0.05, 0.1) is 6.10 Å². The number of ether oxygens (including phenoxy) is 1.